The van der Waals surface area contributed by atoms with Crippen LogP contribution in [0.5, 0.6) is 0 Å². The van der Waals surface area contributed by atoms with Crippen LogP contribution in [0.1, 0.15) is 19.8 Å². The number of nitrogens with two attached hydrogens (primary N) is 1. The topological polar surface area (TPSA) is 46.3 Å². The second kappa shape index (κ2) is 4.57. The maximum atomic E-state index is 11.0. The number of carbonyl (C=O) groups is 1. The van der Waals surface area contributed by atoms with Gasteiger partial charge in [-0.3, -0.25) is 4.79 Å². The van der Waals surface area contributed by atoms with Gasteiger partial charge in [0.05, 0.1) is 0 Å². The van der Waals surface area contributed by atoms with Crippen LogP contribution in [0.25, 0.3) is 0 Å². The van der Waals surface area contributed by atoms with E-state index in [4.69, 9.17) is 5.73 Å². The molecule has 1 saturated heterocycles. The number of carbonyl (C=O) groups excluding carboxylic acids is 1. The third-order valence-electron chi connectivity index (χ3n) is 1.88. The van der Waals surface area contributed by atoms with Crippen molar-refractivity contribution < 1.29 is 4.79 Å². The van der Waals surface area contributed by atoms with Gasteiger partial charge < -0.3 is 10.6 Å². The largest absolute Gasteiger partial charge is 0.341 e. The van der Waals surface area contributed by atoms with Gasteiger partial charge in [-0.2, -0.15) is 0 Å². The fourth-order valence-electron chi connectivity index (χ4n) is 1.24. The van der Waals surface area contributed by atoms with Crippen molar-refractivity contribution in [1.29, 1.82) is 0 Å². The molecule has 1 heterocycles. The number of halogens is 1. The van der Waals surface area contributed by atoms with Gasteiger partial charge in [0.1, 0.15) is 0 Å². The summed E-state index contributed by atoms with van der Waals surface area (Å²) in [6.07, 6.45) is 1.57. The van der Waals surface area contributed by atoms with E-state index in [1.807, 2.05) is 11.8 Å². The molecule has 1 amide bonds. The van der Waals surface area contributed by atoms with E-state index >= 15 is 0 Å². The Labute approximate surface area is 73.3 Å². The minimum atomic E-state index is 0. The molecule has 0 aromatic carbocycles. The van der Waals surface area contributed by atoms with Gasteiger partial charge in [-0.25, -0.2) is 0 Å². The summed E-state index contributed by atoms with van der Waals surface area (Å²) >= 11 is 0. The van der Waals surface area contributed by atoms with Crippen molar-refractivity contribution in [3.8, 4) is 0 Å². The summed E-state index contributed by atoms with van der Waals surface area (Å²) in [5.41, 5.74) is 5.62. The standard InChI is InChI=1S/C7H14N2O.ClH/c1-2-7(10)9-4-3-6(8)5-9;/h6H,2-5,8H2,1H3;1H/t6-;/m1./s1. The normalized spacial score (nSPS) is 23.1. The summed E-state index contributed by atoms with van der Waals surface area (Å²) < 4.78 is 0. The number of hydrogen-bond acceptors (Lipinski definition) is 2. The summed E-state index contributed by atoms with van der Waals surface area (Å²) in [4.78, 5) is 12.9. The molecule has 0 bridgehead atoms. The Kier molecular flexibility index (Phi) is 4.45. The number of likely N-dealkylation sites (tertiary alicyclic amines) is 1. The van der Waals surface area contributed by atoms with Crippen molar-refractivity contribution in [1.82, 2.24) is 4.90 Å². The third-order valence-corrected chi connectivity index (χ3v) is 1.88. The molecule has 4 heteroatoms. The highest BCUT2D eigenvalue weighted by atomic mass is 35.5. The Morgan fingerprint density at radius 1 is 1.73 bits per heavy atom. The van der Waals surface area contributed by atoms with Gasteiger partial charge in [0.2, 0.25) is 5.91 Å². The lowest BCUT2D eigenvalue weighted by Gasteiger charge is -2.13. The second-order valence-electron chi connectivity index (χ2n) is 2.74. The molecule has 1 aliphatic rings. The maximum absolute atomic E-state index is 11.0. The van der Waals surface area contributed by atoms with Crippen molar-refractivity contribution in [3.63, 3.8) is 0 Å². The SMILES string of the molecule is CCC(=O)N1CC[C@@H](N)C1.Cl. The van der Waals surface area contributed by atoms with Crippen LogP contribution < -0.4 is 5.73 Å². The van der Waals surface area contributed by atoms with Crippen LogP contribution in [0.4, 0.5) is 0 Å². The molecule has 11 heavy (non-hydrogen) atoms. The first kappa shape index (κ1) is 10.7. The molecule has 1 atom stereocenters. The van der Waals surface area contributed by atoms with Gasteiger partial charge >= 0.3 is 0 Å². The van der Waals surface area contributed by atoms with Crippen LogP contribution in [0, 0.1) is 0 Å². The van der Waals surface area contributed by atoms with Gasteiger partial charge in [-0.1, -0.05) is 6.92 Å². The van der Waals surface area contributed by atoms with Crippen LogP contribution in [0.15, 0.2) is 0 Å². The van der Waals surface area contributed by atoms with E-state index in [0.29, 0.717) is 6.42 Å². The second-order valence-corrected chi connectivity index (χ2v) is 2.74. The predicted octanol–water partition coefficient (Wildman–Crippen LogP) is 0.378. The number of rotatable bonds is 1. The first-order valence-corrected chi connectivity index (χ1v) is 3.77. The number of amides is 1. The molecule has 0 aromatic heterocycles. The first-order chi connectivity index (χ1) is 4.74. The molecule has 0 aromatic rings. The maximum Gasteiger partial charge on any atom is 0.222 e. The highest BCUT2D eigenvalue weighted by Gasteiger charge is 2.21. The summed E-state index contributed by atoms with van der Waals surface area (Å²) in [7, 11) is 0. The Morgan fingerprint density at radius 2 is 2.36 bits per heavy atom. The van der Waals surface area contributed by atoms with Crippen molar-refractivity contribution in [2.75, 3.05) is 13.1 Å². The average molecular weight is 179 g/mol. The van der Waals surface area contributed by atoms with Gasteiger partial charge in [-0.15, -0.1) is 12.4 Å². The van der Waals surface area contributed by atoms with E-state index in [-0.39, 0.29) is 24.4 Å². The molecule has 1 rings (SSSR count). The van der Waals surface area contributed by atoms with Crippen LogP contribution >= 0.6 is 12.4 Å². The molecule has 0 spiro atoms. The zero-order chi connectivity index (χ0) is 7.56. The van der Waals surface area contributed by atoms with Gasteiger partial charge in [-0.05, 0) is 6.42 Å². The Balaban J connectivity index is 0.000001000. The average Bonchev–Trinajstić information content (AvgIpc) is 2.34. The molecule has 2 N–H and O–H groups in total. The number of nitrogens with zero attached hydrogens (tertiary/aromatic N) is 1. The van der Waals surface area contributed by atoms with Gasteiger partial charge in [0.25, 0.3) is 0 Å². The Bertz CT molecular complexity index is 140. The van der Waals surface area contributed by atoms with Crippen LogP contribution in [0.2, 0.25) is 0 Å². The van der Waals surface area contributed by atoms with Crippen molar-refractivity contribution in [2.45, 2.75) is 25.8 Å². The summed E-state index contributed by atoms with van der Waals surface area (Å²) in [5.74, 6) is 0.230. The van der Waals surface area contributed by atoms with E-state index in [0.717, 1.165) is 19.5 Å². The highest BCUT2D eigenvalue weighted by molar-refractivity contribution is 5.85. The Hall–Kier alpha value is -0.280. The lowest BCUT2D eigenvalue weighted by atomic mass is 10.3. The summed E-state index contributed by atoms with van der Waals surface area (Å²) in [6, 6.07) is 0.218. The fourth-order valence-corrected chi connectivity index (χ4v) is 1.24. The monoisotopic (exact) mass is 178 g/mol. The quantitative estimate of drug-likeness (QED) is 0.631. The lowest BCUT2D eigenvalue weighted by Crippen LogP contribution is -2.31. The zero-order valence-electron chi connectivity index (χ0n) is 6.75. The van der Waals surface area contributed by atoms with Gasteiger partial charge in [0.15, 0.2) is 0 Å². The van der Waals surface area contributed by atoms with E-state index in [1.54, 1.807) is 0 Å². The van der Waals surface area contributed by atoms with Crippen molar-refractivity contribution in [3.05, 3.63) is 0 Å². The van der Waals surface area contributed by atoms with Crippen LogP contribution in [0.3, 0.4) is 0 Å². The van der Waals surface area contributed by atoms with Gasteiger partial charge in [0, 0.05) is 25.6 Å². The molecule has 66 valence electrons. The molecule has 0 aliphatic carbocycles. The highest BCUT2D eigenvalue weighted by Crippen LogP contribution is 2.07. The molecular weight excluding hydrogens is 164 g/mol. The zero-order valence-corrected chi connectivity index (χ0v) is 7.56. The van der Waals surface area contributed by atoms with E-state index in [9.17, 15) is 4.79 Å². The molecule has 1 aliphatic heterocycles. The summed E-state index contributed by atoms with van der Waals surface area (Å²) in [6.45, 7) is 3.49. The molecule has 3 nitrogen and oxygen atoms in total. The molecule has 0 unspecified atom stereocenters. The van der Waals surface area contributed by atoms with E-state index in [1.165, 1.54) is 0 Å². The molecular formula is C7H15ClN2O. The molecule has 0 radical (unpaired) electrons. The minimum absolute atomic E-state index is 0. The van der Waals surface area contributed by atoms with Crippen molar-refractivity contribution in [2.24, 2.45) is 5.73 Å². The van der Waals surface area contributed by atoms with E-state index in [2.05, 4.69) is 0 Å². The Morgan fingerprint density at radius 3 is 2.73 bits per heavy atom. The molecule has 1 fully saturated rings. The predicted molar refractivity (Wildman–Crippen MR) is 46.7 cm³/mol. The summed E-state index contributed by atoms with van der Waals surface area (Å²) in [5, 5.41) is 0. The molecule has 0 saturated carbocycles. The van der Waals surface area contributed by atoms with E-state index < -0.39 is 0 Å². The lowest BCUT2D eigenvalue weighted by molar-refractivity contribution is -0.129. The third kappa shape index (κ3) is 2.67. The van der Waals surface area contributed by atoms with Crippen LogP contribution in [-0.2, 0) is 4.79 Å². The minimum Gasteiger partial charge on any atom is -0.341 e. The van der Waals surface area contributed by atoms with Crippen molar-refractivity contribution >= 4 is 18.3 Å². The smallest absolute Gasteiger partial charge is 0.222 e. The number of hydrogen-bond donors (Lipinski definition) is 1. The first-order valence-electron chi connectivity index (χ1n) is 3.77. The van der Waals surface area contributed by atoms with Crippen LogP contribution in [-0.4, -0.2) is 29.9 Å². The fraction of sp³-hybridized carbons (Fsp3) is 0.857.